The molecule has 0 saturated carbocycles. The predicted molar refractivity (Wildman–Crippen MR) is 96.0 cm³/mol. The Morgan fingerprint density at radius 1 is 1.27 bits per heavy atom. The van der Waals surface area contributed by atoms with E-state index in [9.17, 15) is 19.1 Å². The van der Waals surface area contributed by atoms with E-state index < -0.39 is 17.9 Å². The molecule has 5 nitrogen and oxygen atoms in total. The highest BCUT2D eigenvalue weighted by Gasteiger charge is 2.36. The second-order valence-electron chi connectivity index (χ2n) is 6.82. The number of nitrogens with zero attached hydrogens (tertiary/aromatic N) is 1. The molecule has 1 N–H and O–H groups in total. The molecule has 1 atom stereocenters. The molecule has 136 valence electrons. The summed E-state index contributed by atoms with van der Waals surface area (Å²) in [5.74, 6) is -1.47. The third-order valence-corrected chi connectivity index (χ3v) is 4.55. The monoisotopic (exact) mass is 357 g/mol. The molecule has 0 aliphatic carbocycles. The van der Waals surface area contributed by atoms with Crippen LogP contribution in [0.2, 0.25) is 0 Å². The summed E-state index contributed by atoms with van der Waals surface area (Å²) < 4.78 is 19.6. The molecule has 3 rings (SSSR count). The van der Waals surface area contributed by atoms with Crippen LogP contribution in [0.1, 0.15) is 29.8 Å². The summed E-state index contributed by atoms with van der Waals surface area (Å²) in [6.45, 7) is 5.93. The molecule has 1 amide bonds. The van der Waals surface area contributed by atoms with E-state index in [2.05, 4.69) is 0 Å². The third kappa shape index (κ3) is 3.27. The van der Waals surface area contributed by atoms with Crippen LogP contribution in [0.3, 0.4) is 0 Å². The number of carbonyl (C=O) groups excluding carboxylic acids is 1. The summed E-state index contributed by atoms with van der Waals surface area (Å²) in [6, 6.07) is 9.00. The van der Waals surface area contributed by atoms with Gasteiger partial charge in [-0.3, -0.25) is 4.90 Å². The second kappa shape index (κ2) is 6.78. The molecule has 0 unspecified atom stereocenters. The SMILES string of the molecule is Cc1ccc(-c2cc(C(=O)O)cc(N3C(=O)OC[C@H]3C(C)C)c2)c(F)c1. The minimum atomic E-state index is -1.14. The lowest BCUT2D eigenvalue weighted by Crippen LogP contribution is -2.37. The Hall–Kier alpha value is -2.89. The number of aromatic carboxylic acids is 1. The Morgan fingerprint density at radius 3 is 2.62 bits per heavy atom. The summed E-state index contributed by atoms with van der Waals surface area (Å²) in [5, 5.41) is 9.45. The highest BCUT2D eigenvalue weighted by Crippen LogP contribution is 2.33. The Labute approximate surface area is 151 Å². The van der Waals surface area contributed by atoms with Gasteiger partial charge in [0.25, 0.3) is 0 Å². The second-order valence-corrected chi connectivity index (χ2v) is 6.82. The highest BCUT2D eigenvalue weighted by molar-refractivity contribution is 5.96. The lowest BCUT2D eigenvalue weighted by Gasteiger charge is -2.25. The number of halogens is 1. The number of amides is 1. The van der Waals surface area contributed by atoms with Crippen LogP contribution in [-0.2, 0) is 4.74 Å². The molecule has 0 bridgehead atoms. The average molecular weight is 357 g/mol. The van der Waals surface area contributed by atoms with Crippen molar-refractivity contribution >= 4 is 17.7 Å². The number of hydrogen-bond acceptors (Lipinski definition) is 3. The maximum absolute atomic E-state index is 14.4. The van der Waals surface area contributed by atoms with Crippen molar-refractivity contribution in [2.24, 2.45) is 5.92 Å². The Kier molecular flexibility index (Phi) is 4.68. The highest BCUT2D eigenvalue weighted by atomic mass is 19.1. The molecule has 26 heavy (non-hydrogen) atoms. The standard InChI is InChI=1S/C20H20FNO4/c1-11(2)18-10-26-20(25)22(18)15-8-13(7-14(9-15)19(23)24)16-5-4-12(3)6-17(16)21/h4-9,11,18H,10H2,1-3H3,(H,23,24)/t18-/m0/s1. The number of ether oxygens (including phenoxy) is 1. The Morgan fingerprint density at radius 2 is 2.00 bits per heavy atom. The van der Waals surface area contributed by atoms with Crippen LogP contribution in [0.5, 0.6) is 0 Å². The molecule has 2 aromatic carbocycles. The van der Waals surface area contributed by atoms with Crippen LogP contribution >= 0.6 is 0 Å². The van der Waals surface area contributed by atoms with Crippen molar-refractivity contribution in [3.8, 4) is 11.1 Å². The minimum Gasteiger partial charge on any atom is -0.478 e. The fourth-order valence-corrected chi connectivity index (χ4v) is 3.11. The number of carbonyl (C=O) groups is 2. The van der Waals surface area contributed by atoms with Crippen LogP contribution in [0.15, 0.2) is 36.4 Å². The van der Waals surface area contributed by atoms with Gasteiger partial charge in [0.1, 0.15) is 12.4 Å². The lowest BCUT2D eigenvalue weighted by molar-refractivity contribution is 0.0697. The van der Waals surface area contributed by atoms with Gasteiger partial charge in [-0.2, -0.15) is 0 Å². The number of rotatable bonds is 4. The van der Waals surface area contributed by atoms with E-state index >= 15 is 0 Å². The fraction of sp³-hybridized carbons (Fsp3) is 0.300. The maximum atomic E-state index is 14.4. The van der Waals surface area contributed by atoms with Crippen LogP contribution in [0.25, 0.3) is 11.1 Å². The van der Waals surface area contributed by atoms with E-state index in [1.54, 1.807) is 25.1 Å². The van der Waals surface area contributed by atoms with Crippen molar-refractivity contribution in [1.29, 1.82) is 0 Å². The molecule has 6 heteroatoms. The van der Waals surface area contributed by atoms with E-state index in [4.69, 9.17) is 4.74 Å². The van der Waals surface area contributed by atoms with Gasteiger partial charge < -0.3 is 9.84 Å². The van der Waals surface area contributed by atoms with Crippen LogP contribution in [-0.4, -0.2) is 29.8 Å². The first kappa shape index (κ1) is 17.9. The number of carboxylic acids is 1. The van der Waals surface area contributed by atoms with Crippen molar-refractivity contribution in [2.45, 2.75) is 26.8 Å². The van der Waals surface area contributed by atoms with Crippen LogP contribution < -0.4 is 4.90 Å². The smallest absolute Gasteiger partial charge is 0.414 e. The Balaban J connectivity index is 2.16. The summed E-state index contributed by atoms with van der Waals surface area (Å²) in [4.78, 5) is 25.2. The van der Waals surface area contributed by atoms with E-state index in [-0.39, 0.29) is 29.7 Å². The molecule has 1 aliphatic rings. The number of hydrogen-bond donors (Lipinski definition) is 1. The fourth-order valence-electron chi connectivity index (χ4n) is 3.11. The number of benzene rings is 2. The Bertz CT molecular complexity index is 878. The molecule has 0 aromatic heterocycles. The molecule has 1 fully saturated rings. The zero-order chi connectivity index (χ0) is 19.0. The zero-order valence-corrected chi connectivity index (χ0v) is 14.8. The van der Waals surface area contributed by atoms with Crippen LogP contribution in [0, 0.1) is 18.7 Å². The van der Waals surface area contributed by atoms with Gasteiger partial charge in [-0.1, -0.05) is 26.0 Å². The number of carboxylic acid groups (broad SMARTS) is 1. The van der Waals surface area contributed by atoms with Gasteiger partial charge in [-0.15, -0.1) is 0 Å². The molecule has 0 radical (unpaired) electrons. The van der Waals surface area contributed by atoms with E-state index in [1.165, 1.54) is 23.1 Å². The summed E-state index contributed by atoms with van der Waals surface area (Å²) in [6.07, 6.45) is -0.526. The van der Waals surface area contributed by atoms with Gasteiger partial charge in [0.2, 0.25) is 0 Å². The number of aryl methyl sites for hydroxylation is 1. The van der Waals surface area contributed by atoms with Crippen molar-refractivity contribution in [3.05, 3.63) is 53.3 Å². The van der Waals surface area contributed by atoms with Gasteiger partial charge in [0.05, 0.1) is 11.6 Å². The third-order valence-electron chi connectivity index (χ3n) is 4.55. The van der Waals surface area contributed by atoms with Crippen molar-refractivity contribution in [3.63, 3.8) is 0 Å². The number of anilines is 1. The minimum absolute atomic E-state index is 0.0142. The van der Waals surface area contributed by atoms with E-state index in [0.29, 0.717) is 11.3 Å². The van der Waals surface area contributed by atoms with Crippen LogP contribution in [0.4, 0.5) is 14.9 Å². The van der Waals surface area contributed by atoms with Crippen molar-refractivity contribution in [1.82, 2.24) is 0 Å². The van der Waals surface area contributed by atoms with Gasteiger partial charge in [-0.25, -0.2) is 14.0 Å². The zero-order valence-electron chi connectivity index (χ0n) is 14.8. The number of cyclic esters (lactones) is 1. The predicted octanol–water partition coefficient (Wildman–Crippen LogP) is 4.48. The largest absolute Gasteiger partial charge is 0.478 e. The van der Waals surface area contributed by atoms with Gasteiger partial charge in [-0.05, 0) is 48.2 Å². The van der Waals surface area contributed by atoms with Crippen molar-refractivity contribution in [2.75, 3.05) is 11.5 Å². The van der Waals surface area contributed by atoms with Gasteiger partial charge >= 0.3 is 12.1 Å². The molecular formula is C20H20FNO4. The lowest BCUT2D eigenvalue weighted by atomic mass is 9.98. The van der Waals surface area contributed by atoms with E-state index in [0.717, 1.165) is 5.56 Å². The molecule has 1 aliphatic heterocycles. The molecular weight excluding hydrogens is 337 g/mol. The summed E-state index contributed by atoms with van der Waals surface area (Å²) in [5.41, 5.74) is 1.83. The van der Waals surface area contributed by atoms with Gasteiger partial charge in [0, 0.05) is 11.3 Å². The van der Waals surface area contributed by atoms with Crippen molar-refractivity contribution < 1.29 is 23.8 Å². The topological polar surface area (TPSA) is 66.8 Å². The normalized spacial score (nSPS) is 16.9. The molecule has 0 spiro atoms. The first-order chi connectivity index (χ1) is 12.3. The molecule has 2 aromatic rings. The van der Waals surface area contributed by atoms with E-state index in [1.807, 2.05) is 13.8 Å². The maximum Gasteiger partial charge on any atom is 0.414 e. The summed E-state index contributed by atoms with van der Waals surface area (Å²) >= 11 is 0. The molecule has 1 heterocycles. The summed E-state index contributed by atoms with van der Waals surface area (Å²) in [7, 11) is 0. The first-order valence-electron chi connectivity index (χ1n) is 8.39. The average Bonchev–Trinajstić information content (AvgIpc) is 2.96. The first-order valence-corrected chi connectivity index (χ1v) is 8.39. The molecule has 1 saturated heterocycles. The van der Waals surface area contributed by atoms with Gasteiger partial charge in [0.15, 0.2) is 0 Å². The quantitative estimate of drug-likeness (QED) is 0.876.